The van der Waals surface area contributed by atoms with Crippen LogP contribution < -0.4 is 4.74 Å². The SMILES string of the molecule is COc1ccc(COCOC(=O)O)cc1. The molecule has 0 aromatic heterocycles. The number of ether oxygens (including phenoxy) is 3. The molecule has 15 heavy (non-hydrogen) atoms. The molecule has 0 aliphatic carbocycles. The van der Waals surface area contributed by atoms with Crippen LogP contribution in [0.3, 0.4) is 0 Å². The summed E-state index contributed by atoms with van der Waals surface area (Å²) in [6, 6.07) is 7.27. The lowest BCUT2D eigenvalue weighted by molar-refractivity contribution is -0.0409. The first-order chi connectivity index (χ1) is 7.22. The molecule has 0 atom stereocenters. The third-order valence-electron chi connectivity index (χ3n) is 1.69. The molecule has 1 N–H and O–H groups in total. The van der Waals surface area contributed by atoms with E-state index >= 15 is 0 Å². The molecule has 0 unspecified atom stereocenters. The van der Waals surface area contributed by atoms with Crippen LogP contribution in [-0.2, 0) is 16.1 Å². The predicted octanol–water partition coefficient (Wildman–Crippen LogP) is 1.86. The smallest absolute Gasteiger partial charge is 0.497 e. The third kappa shape index (κ3) is 4.33. The second-order valence-electron chi connectivity index (χ2n) is 2.72. The molecule has 0 bridgehead atoms. The maximum atomic E-state index is 9.98. The molecule has 5 nitrogen and oxygen atoms in total. The van der Waals surface area contributed by atoms with Gasteiger partial charge in [-0.15, -0.1) is 0 Å². The Balaban J connectivity index is 2.28. The second kappa shape index (κ2) is 5.87. The molecule has 1 aromatic rings. The standard InChI is InChI=1S/C10H12O5/c1-13-9-4-2-8(3-5-9)6-14-7-15-10(11)12/h2-5H,6-7H2,1H3,(H,11,12). The highest BCUT2D eigenvalue weighted by atomic mass is 16.7. The summed E-state index contributed by atoms with van der Waals surface area (Å²) < 4.78 is 14.1. The van der Waals surface area contributed by atoms with Gasteiger partial charge in [0, 0.05) is 0 Å². The molecule has 0 spiro atoms. The van der Waals surface area contributed by atoms with Gasteiger partial charge in [-0.1, -0.05) is 12.1 Å². The Morgan fingerprint density at radius 1 is 1.33 bits per heavy atom. The van der Waals surface area contributed by atoms with Gasteiger partial charge >= 0.3 is 6.16 Å². The van der Waals surface area contributed by atoms with E-state index in [9.17, 15) is 4.79 Å². The molecule has 82 valence electrons. The number of rotatable bonds is 5. The fourth-order valence-corrected chi connectivity index (χ4v) is 0.973. The van der Waals surface area contributed by atoms with E-state index in [0.29, 0.717) is 6.61 Å². The van der Waals surface area contributed by atoms with E-state index in [2.05, 4.69) is 4.74 Å². The summed E-state index contributed by atoms with van der Waals surface area (Å²) in [5, 5.41) is 8.16. The average molecular weight is 212 g/mol. The molecule has 0 amide bonds. The van der Waals surface area contributed by atoms with Gasteiger partial charge in [-0.05, 0) is 17.7 Å². The fourth-order valence-electron chi connectivity index (χ4n) is 0.973. The maximum Gasteiger partial charge on any atom is 0.507 e. The highest BCUT2D eigenvalue weighted by Crippen LogP contribution is 2.11. The lowest BCUT2D eigenvalue weighted by Crippen LogP contribution is -2.05. The highest BCUT2D eigenvalue weighted by molar-refractivity contribution is 5.56. The molecule has 0 radical (unpaired) electrons. The summed E-state index contributed by atoms with van der Waals surface area (Å²) in [5.41, 5.74) is 0.921. The monoisotopic (exact) mass is 212 g/mol. The fraction of sp³-hybridized carbons (Fsp3) is 0.300. The summed E-state index contributed by atoms with van der Waals surface area (Å²) in [4.78, 5) is 9.98. The van der Waals surface area contributed by atoms with Crippen LogP contribution in [0.1, 0.15) is 5.56 Å². The van der Waals surface area contributed by atoms with Crippen molar-refractivity contribution >= 4 is 6.16 Å². The molecule has 1 rings (SSSR count). The van der Waals surface area contributed by atoms with E-state index < -0.39 is 6.16 Å². The van der Waals surface area contributed by atoms with Crippen LogP contribution in [0.5, 0.6) is 5.75 Å². The molecule has 0 saturated heterocycles. The number of hydrogen-bond acceptors (Lipinski definition) is 4. The van der Waals surface area contributed by atoms with Crippen LogP contribution in [0.2, 0.25) is 0 Å². The minimum Gasteiger partial charge on any atom is -0.497 e. The Labute approximate surface area is 87.2 Å². The Morgan fingerprint density at radius 3 is 2.53 bits per heavy atom. The number of methoxy groups -OCH3 is 1. The van der Waals surface area contributed by atoms with Gasteiger partial charge in [-0.3, -0.25) is 0 Å². The molecule has 5 heteroatoms. The van der Waals surface area contributed by atoms with Crippen molar-refractivity contribution in [2.24, 2.45) is 0 Å². The maximum absolute atomic E-state index is 9.98. The molecular formula is C10H12O5. The van der Waals surface area contributed by atoms with Crippen LogP contribution in [0.15, 0.2) is 24.3 Å². The summed E-state index contributed by atoms with van der Waals surface area (Å²) >= 11 is 0. The Bertz CT molecular complexity index is 306. The zero-order valence-electron chi connectivity index (χ0n) is 8.30. The zero-order valence-corrected chi connectivity index (χ0v) is 8.30. The zero-order chi connectivity index (χ0) is 11.1. The molecule has 0 saturated carbocycles. The molecule has 0 aliphatic heterocycles. The number of benzene rings is 1. The van der Waals surface area contributed by atoms with Gasteiger partial charge in [-0.25, -0.2) is 4.79 Å². The predicted molar refractivity (Wildman–Crippen MR) is 51.8 cm³/mol. The first-order valence-electron chi connectivity index (χ1n) is 4.29. The molecular weight excluding hydrogens is 200 g/mol. The van der Waals surface area contributed by atoms with Crippen LogP contribution >= 0.6 is 0 Å². The largest absolute Gasteiger partial charge is 0.507 e. The summed E-state index contributed by atoms with van der Waals surface area (Å²) in [5.74, 6) is 0.764. The van der Waals surface area contributed by atoms with E-state index in [0.717, 1.165) is 11.3 Å². The van der Waals surface area contributed by atoms with Crippen molar-refractivity contribution < 1.29 is 24.1 Å². The second-order valence-corrected chi connectivity index (χ2v) is 2.72. The quantitative estimate of drug-likeness (QED) is 0.458. The van der Waals surface area contributed by atoms with Crippen LogP contribution in [0, 0.1) is 0 Å². The minimum atomic E-state index is -1.34. The molecule has 1 aromatic carbocycles. The van der Waals surface area contributed by atoms with E-state index in [1.54, 1.807) is 19.2 Å². The van der Waals surface area contributed by atoms with E-state index in [1.165, 1.54) is 0 Å². The van der Waals surface area contributed by atoms with E-state index in [1.807, 2.05) is 12.1 Å². The van der Waals surface area contributed by atoms with Crippen molar-refractivity contribution in [3.63, 3.8) is 0 Å². The van der Waals surface area contributed by atoms with Crippen molar-refractivity contribution in [1.82, 2.24) is 0 Å². The van der Waals surface area contributed by atoms with Crippen molar-refractivity contribution in [2.75, 3.05) is 13.9 Å². The van der Waals surface area contributed by atoms with Gasteiger partial charge in [-0.2, -0.15) is 0 Å². The first-order valence-corrected chi connectivity index (χ1v) is 4.29. The topological polar surface area (TPSA) is 65.0 Å². The number of carbonyl (C=O) groups is 1. The van der Waals surface area contributed by atoms with Gasteiger partial charge in [0.05, 0.1) is 13.7 Å². The van der Waals surface area contributed by atoms with Gasteiger partial charge in [0.2, 0.25) is 0 Å². The van der Waals surface area contributed by atoms with E-state index in [4.69, 9.17) is 14.6 Å². The van der Waals surface area contributed by atoms with Gasteiger partial charge < -0.3 is 19.3 Å². The van der Waals surface area contributed by atoms with Crippen molar-refractivity contribution in [3.05, 3.63) is 29.8 Å². The highest BCUT2D eigenvalue weighted by Gasteiger charge is 1.97. The Morgan fingerprint density at radius 2 is 2.00 bits per heavy atom. The lowest BCUT2D eigenvalue weighted by Gasteiger charge is -2.04. The van der Waals surface area contributed by atoms with Crippen LogP contribution in [0.25, 0.3) is 0 Å². The number of carboxylic acid groups (broad SMARTS) is 1. The molecule has 0 fully saturated rings. The normalized spacial score (nSPS) is 9.67. The minimum absolute atomic E-state index is 0.263. The van der Waals surface area contributed by atoms with Gasteiger partial charge in [0.1, 0.15) is 5.75 Å². The third-order valence-corrected chi connectivity index (χ3v) is 1.69. The van der Waals surface area contributed by atoms with E-state index in [-0.39, 0.29) is 6.79 Å². The van der Waals surface area contributed by atoms with Gasteiger partial charge in [0.25, 0.3) is 0 Å². The average Bonchev–Trinajstić information content (AvgIpc) is 2.25. The van der Waals surface area contributed by atoms with Gasteiger partial charge in [0.15, 0.2) is 6.79 Å². The Kier molecular flexibility index (Phi) is 4.43. The van der Waals surface area contributed by atoms with Crippen LogP contribution in [0.4, 0.5) is 4.79 Å². The van der Waals surface area contributed by atoms with Crippen molar-refractivity contribution in [2.45, 2.75) is 6.61 Å². The summed E-state index contributed by atoms with van der Waals surface area (Å²) in [6.07, 6.45) is -1.34. The molecule has 0 aliphatic rings. The number of hydrogen-bond donors (Lipinski definition) is 1. The molecule has 0 heterocycles. The first kappa shape index (κ1) is 11.3. The van der Waals surface area contributed by atoms with Crippen molar-refractivity contribution in [3.8, 4) is 5.75 Å². The van der Waals surface area contributed by atoms with Crippen LogP contribution in [-0.4, -0.2) is 25.2 Å². The summed E-state index contributed by atoms with van der Waals surface area (Å²) in [6.45, 7) is 0.0403. The summed E-state index contributed by atoms with van der Waals surface area (Å²) in [7, 11) is 1.59. The Hall–Kier alpha value is -1.75. The van der Waals surface area contributed by atoms with Crippen molar-refractivity contribution in [1.29, 1.82) is 0 Å². The lowest BCUT2D eigenvalue weighted by atomic mass is 10.2.